The molecule has 1 atom stereocenters. The molecule has 1 heterocycles. The zero-order valence-electron chi connectivity index (χ0n) is 11.8. The molecule has 0 saturated heterocycles. The molecule has 0 fully saturated rings. The van der Waals surface area contributed by atoms with Gasteiger partial charge in [0.25, 0.3) is 5.56 Å². The average Bonchev–Trinajstić information content (AvgIpc) is 2.37. The Kier molecular flexibility index (Phi) is 4.29. The molecule has 0 radical (unpaired) electrons. The fourth-order valence-electron chi connectivity index (χ4n) is 2.22. The molecule has 4 nitrogen and oxygen atoms in total. The maximum atomic E-state index is 12.8. The van der Waals surface area contributed by atoms with Crippen molar-refractivity contribution in [2.75, 3.05) is 0 Å². The van der Waals surface area contributed by atoms with Crippen LogP contribution >= 0.6 is 0 Å². The van der Waals surface area contributed by atoms with Gasteiger partial charge >= 0.3 is 0 Å². The van der Waals surface area contributed by atoms with Crippen LogP contribution in [0.15, 0.2) is 29.1 Å². The van der Waals surface area contributed by atoms with Crippen molar-refractivity contribution < 1.29 is 4.39 Å². The van der Waals surface area contributed by atoms with Gasteiger partial charge in [-0.2, -0.15) is 0 Å². The molecule has 0 aliphatic heterocycles. The van der Waals surface area contributed by atoms with Crippen LogP contribution in [0.25, 0.3) is 0 Å². The Morgan fingerprint density at radius 1 is 1.30 bits per heavy atom. The minimum atomic E-state index is -0.253. The zero-order chi connectivity index (χ0) is 14.7. The SMILES string of the molecule is Cc1nc(C)c(C(C)NCc2ccc(F)cc2)c(=O)[nH]1. The third-order valence-electron chi connectivity index (χ3n) is 3.22. The number of hydrogen-bond acceptors (Lipinski definition) is 3. The highest BCUT2D eigenvalue weighted by Crippen LogP contribution is 2.12. The summed E-state index contributed by atoms with van der Waals surface area (Å²) in [7, 11) is 0. The third kappa shape index (κ3) is 3.30. The van der Waals surface area contributed by atoms with E-state index >= 15 is 0 Å². The molecule has 2 rings (SSSR count). The Labute approximate surface area is 117 Å². The summed E-state index contributed by atoms with van der Waals surface area (Å²) >= 11 is 0. The fourth-order valence-corrected chi connectivity index (χ4v) is 2.22. The number of nitrogens with one attached hydrogen (secondary N) is 2. The van der Waals surface area contributed by atoms with Crippen molar-refractivity contribution in [1.82, 2.24) is 15.3 Å². The predicted octanol–water partition coefficient (Wildman–Crippen LogP) is 2.38. The molecule has 1 aromatic carbocycles. The molecular formula is C15H18FN3O. The van der Waals surface area contributed by atoms with Crippen molar-refractivity contribution in [2.45, 2.75) is 33.4 Å². The Hall–Kier alpha value is -2.01. The molecule has 20 heavy (non-hydrogen) atoms. The first-order chi connectivity index (χ1) is 9.47. The number of aryl methyl sites for hydroxylation is 2. The molecule has 106 valence electrons. The van der Waals surface area contributed by atoms with Crippen molar-refractivity contribution in [3.63, 3.8) is 0 Å². The van der Waals surface area contributed by atoms with Gasteiger partial charge in [-0.3, -0.25) is 4.79 Å². The molecule has 1 unspecified atom stereocenters. The van der Waals surface area contributed by atoms with E-state index < -0.39 is 0 Å². The molecule has 0 saturated carbocycles. The number of hydrogen-bond donors (Lipinski definition) is 2. The fraction of sp³-hybridized carbons (Fsp3) is 0.333. The largest absolute Gasteiger partial charge is 0.310 e. The van der Waals surface area contributed by atoms with Gasteiger partial charge in [-0.15, -0.1) is 0 Å². The maximum absolute atomic E-state index is 12.8. The summed E-state index contributed by atoms with van der Waals surface area (Å²) in [6.45, 7) is 6.06. The first-order valence-corrected chi connectivity index (χ1v) is 6.52. The summed E-state index contributed by atoms with van der Waals surface area (Å²) in [6, 6.07) is 6.16. The van der Waals surface area contributed by atoms with E-state index in [1.807, 2.05) is 13.8 Å². The van der Waals surface area contributed by atoms with Crippen LogP contribution in [-0.4, -0.2) is 9.97 Å². The quantitative estimate of drug-likeness (QED) is 0.900. The molecule has 5 heteroatoms. The summed E-state index contributed by atoms with van der Waals surface area (Å²) in [5.41, 5.74) is 2.21. The molecule has 0 amide bonds. The highest BCUT2D eigenvalue weighted by Gasteiger charge is 2.14. The standard InChI is InChI=1S/C15H18FN3O/c1-9(14-10(2)18-11(3)19-15(14)20)17-8-12-4-6-13(16)7-5-12/h4-7,9,17H,8H2,1-3H3,(H,18,19,20). The van der Waals surface area contributed by atoms with E-state index in [-0.39, 0.29) is 17.4 Å². The highest BCUT2D eigenvalue weighted by molar-refractivity contribution is 5.21. The summed E-state index contributed by atoms with van der Waals surface area (Å²) < 4.78 is 12.8. The second-order valence-corrected chi connectivity index (χ2v) is 4.88. The highest BCUT2D eigenvalue weighted by atomic mass is 19.1. The first-order valence-electron chi connectivity index (χ1n) is 6.52. The number of rotatable bonds is 4. The predicted molar refractivity (Wildman–Crippen MR) is 76.0 cm³/mol. The van der Waals surface area contributed by atoms with Crippen molar-refractivity contribution in [1.29, 1.82) is 0 Å². The molecule has 2 aromatic rings. The number of benzene rings is 1. The number of halogens is 1. The van der Waals surface area contributed by atoms with Crippen LogP contribution in [0.2, 0.25) is 0 Å². The number of aromatic nitrogens is 2. The van der Waals surface area contributed by atoms with Gasteiger partial charge in [0.05, 0.1) is 5.56 Å². The zero-order valence-corrected chi connectivity index (χ0v) is 11.8. The van der Waals surface area contributed by atoms with Crippen LogP contribution in [-0.2, 0) is 6.54 Å². The van der Waals surface area contributed by atoms with Crippen molar-refractivity contribution >= 4 is 0 Å². The Bertz CT molecular complexity index is 649. The molecule has 2 N–H and O–H groups in total. The summed E-state index contributed by atoms with van der Waals surface area (Å²) in [4.78, 5) is 19.0. The molecule has 0 bridgehead atoms. The van der Waals surface area contributed by atoms with Gasteiger partial charge in [0.1, 0.15) is 11.6 Å². The average molecular weight is 275 g/mol. The van der Waals surface area contributed by atoms with Crippen LogP contribution in [0.1, 0.15) is 35.6 Å². The van der Waals surface area contributed by atoms with Crippen LogP contribution in [0.4, 0.5) is 4.39 Å². The normalized spacial score (nSPS) is 12.4. The number of aromatic amines is 1. The van der Waals surface area contributed by atoms with Gasteiger partial charge in [-0.25, -0.2) is 9.37 Å². The van der Waals surface area contributed by atoms with E-state index in [4.69, 9.17) is 0 Å². The Morgan fingerprint density at radius 2 is 1.95 bits per heavy atom. The lowest BCUT2D eigenvalue weighted by Crippen LogP contribution is -2.27. The van der Waals surface area contributed by atoms with E-state index in [1.54, 1.807) is 19.1 Å². The third-order valence-corrected chi connectivity index (χ3v) is 3.22. The van der Waals surface area contributed by atoms with Gasteiger partial charge in [0.15, 0.2) is 0 Å². The van der Waals surface area contributed by atoms with Gasteiger partial charge in [0, 0.05) is 18.3 Å². The molecule has 0 aliphatic rings. The van der Waals surface area contributed by atoms with Gasteiger partial charge in [-0.05, 0) is 38.5 Å². The molecule has 1 aromatic heterocycles. The van der Waals surface area contributed by atoms with Crippen LogP contribution in [0, 0.1) is 19.7 Å². The lowest BCUT2D eigenvalue weighted by Gasteiger charge is -2.15. The van der Waals surface area contributed by atoms with Crippen molar-refractivity contribution in [3.8, 4) is 0 Å². The van der Waals surface area contributed by atoms with E-state index in [0.717, 1.165) is 11.3 Å². The van der Waals surface area contributed by atoms with Crippen LogP contribution < -0.4 is 10.9 Å². The Balaban J connectivity index is 2.11. The lowest BCUT2D eigenvalue weighted by molar-refractivity contribution is 0.561. The number of nitrogens with zero attached hydrogens (tertiary/aromatic N) is 1. The number of H-pyrrole nitrogens is 1. The van der Waals surface area contributed by atoms with Crippen LogP contribution in [0.5, 0.6) is 0 Å². The smallest absolute Gasteiger partial charge is 0.255 e. The second-order valence-electron chi connectivity index (χ2n) is 4.88. The first kappa shape index (κ1) is 14.4. The van der Waals surface area contributed by atoms with Crippen molar-refractivity contribution in [2.24, 2.45) is 0 Å². The lowest BCUT2D eigenvalue weighted by atomic mass is 10.1. The minimum absolute atomic E-state index is 0.117. The summed E-state index contributed by atoms with van der Waals surface area (Å²) in [6.07, 6.45) is 0. The van der Waals surface area contributed by atoms with Gasteiger partial charge < -0.3 is 10.3 Å². The van der Waals surface area contributed by atoms with E-state index in [0.29, 0.717) is 17.9 Å². The van der Waals surface area contributed by atoms with Gasteiger partial charge in [0.2, 0.25) is 0 Å². The second kappa shape index (κ2) is 5.96. The monoisotopic (exact) mass is 275 g/mol. The minimum Gasteiger partial charge on any atom is -0.310 e. The summed E-state index contributed by atoms with van der Waals surface area (Å²) in [5, 5.41) is 3.25. The van der Waals surface area contributed by atoms with E-state index in [1.165, 1.54) is 12.1 Å². The summed E-state index contributed by atoms with van der Waals surface area (Å²) in [5.74, 6) is 0.360. The van der Waals surface area contributed by atoms with Crippen LogP contribution in [0.3, 0.4) is 0 Å². The van der Waals surface area contributed by atoms with E-state index in [9.17, 15) is 9.18 Å². The molecular weight excluding hydrogens is 257 g/mol. The molecule has 0 aliphatic carbocycles. The maximum Gasteiger partial charge on any atom is 0.255 e. The van der Waals surface area contributed by atoms with E-state index in [2.05, 4.69) is 15.3 Å². The topological polar surface area (TPSA) is 57.8 Å². The molecule has 0 spiro atoms. The van der Waals surface area contributed by atoms with Crippen molar-refractivity contribution in [3.05, 3.63) is 63.1 Å². The Morgan fingerprint density at radius 3 is 2.55 bits per heavy atom. The van der Waals surface area contributed by atoms with Gasteiger partial charge in [-0.1, -0.05) is 12.1 Å².